The zero-order valence-corrected chi connectivity index (χ0v) is 12.0. The van der Waals surface area contributed by atoms with Crippen molar-refractivity contribution in [3.05, 3.63) is 40.7 Å². The first-order valence-electron chi connectivity index (χ1n) is 6.12. The van der Waals surface area contributed by atoms with Crippen molar-refractivity contribution in [1.82, 2.24) is 4.98 Å². The van der Waals surface area contributed by atoms with E-state index >= 15 is 0 Å². The fourth-order valence-electron chi connectivity index (χ4n) is 1.85. The Bertz CT molecular complexity index is 568. The van der Waals surface area contributed by atoms with Crippen LogP contribution < -0.4 is 4.90 Å². The number of halogens is 1. The summed E-state index contributed by atoms with van der Waals surface area (Å²) < 4.78 is 13.2. The maximum absolute atomic E-state index is 13.2. The summed E-state index contributed by atoms with van der Waals surface area (Å²) in [4.78, 5) is 7.25. The van der Waals surface area contributed by atoms with Crippen LogP contribution in [0.5, 0.6) is 0 Å². The monoisotopic (exact) mass is 280 g/mol. The second-order valence-corrected chi connectivity index (χ2v) is 5.72. The van der Waals surface area contributed by atoms with Crippen molar-refractivity contribution in [3.63, 3.8) is 0 Å². The van der Waals surface area contributed by atoms with Crippen LogP contribution in [0.15, 0.2) is 24.3 Å². The second-order valence-electron chi connectivity index (χ2n) is 4.66. The molecule has 0 aliphatic heterocycles. The Morgan fingerprint density at radius 1 is 1.42 bits per heavy atom. The minimum Gasteiger partial charge on any atom is -0.391 e. The van der Waals surface area contributed by atoms with Crippen molar-refractivity contribution in [3.8, 4) is 0 Å². The summed E-state index contributed by atoms with van der Waals surface area (Å²) in [6.45, 7) is 4.07. The van der Waals surface area contributed by atoms with Gasteiger partial charge in [-0.2, -0.15) is 0 Å². The van der Waals surface area contributed by atoms with Crippen LogP contribution >= 0.6 is 11.3 Å². The molecule has 19 heavy (non-hydrogen) atoms. The van der Waals surface area contributed by atoms with E-state index in [-0.39, 0.29) is 18.3 Å². The Balaban J connectivity index is 2.36. The van der Waals surface area contributed by atoms with Gasteiger partial charge in [-0.15, -0.1) is 0 Å². The van der Waals surface area contributed by atoms with Gasteiger partial charge >= 0.3 is 0 Å². The fraction of sp³-hybridized carbons (Fsp3) is 0.357. The molecule has 0 bridgehead atoms. The topological polar surface area (TPSA) is 36.4 Å². The first kappa shape index (κ1) is 14.0. The number of aliphatic hydroxyl groups excluding tert-OH is 1. The Hall–Kier alpha value is -1.46. The second kappa shape index (κ2) is 5.67. The van der Waals surface area contributed by atoms with Gasteiger partial charge in [-0.1, -0.05) is 31.3 Å². The standard InChI is InChI=1S/C14H17FN2OS/c1-9(2)13-12(8-18)19-14(16-13)17(3)11-6-4-5-10(15)7-11/h4-7,9,18H,8H2,1-3H3. The van der Waals surface area contributed by atoms with Crippen LogP contribution in [0.4, 0.5) is 15.2 Å². The Morgan fingerprint density at radius 2 is 2.16 bits per heavy atom. The van der Waals surface area contributed by atoms with Gasteiger partial charge in [0.05, 0.1) is 17.2 Å². The highest BCUT2D eigenvalue weighted by atomic mass is 32.1. The van der Waals surface area contributed by atoms with Crippen LogP contribution in [-0.2, 0) is 6.61 Å². The van der Waals surface area contributed by atoms with Crippen molar-refractivity contribution in [2.24, 2.45) is 0 Å². The number of hydrogen-bond donors (Lipinski definition) is 1. The summed E-state index contributed by atoms with van der Waals surface area (Å²) >= 11 is 1.44. The molecular weight excluding hydrogens is 263 g/mol. The maximum Gasteiger partial charge on any atom is 0.190 e. The number of benzene rings is 1. The van der Waals surface area contributed by atoms with Crippen molar-refractivity contribution >= 4 is 22.2 Å². The molecule has 0 saturated heterocycles. The lowest BCUT2D eigenvalue weighted by Crippen LogP contribution is -2.09. The first-order valence-corrected chi connectivity index (χ1v) is 6.94. The van der Waals surface area contributed by atoms with E-state index in [0.717, 1.165) is 21.4 Å². The molecule has 2 aromatic rings. The number of nitrogens with zero attached hydrogens (tertiary/aromatic N) is 2. The molecule has 0 atom stereocenters. The van der Waals surface area contributed by atoms with E-state index in [1.165, 1.54) is 23.5 Å². The molecule has 0 aliphatic carbocycles. The smallest absolute Gasteiger partial charge is 0.190 e. The zero-order valence-electron chi connectivity index (χ0n) is 11.2. The summed E-state index contributed by atoms with van der Waals surface area (Å²) in [5, 5.41) is 10.1. The van der Waals surface area contributed by atoms with Gasteiger partial charge in [-0.25, -0.2) is 9.37 Å². The molecule has 102 valence electrons. The van der Waals surface area contributed by atoms with Crippen LogP contribution in [0, 0.1) is 5.82 Å². The number of aromatic nitrogens is 1. The summed E-state index contributed by atoms with van der Waals surface area (Å²) in [6.07, 6.45) is 0. The van der Waals surface area contributed by atoms with Crippen molar-refractivity contribution in [2.45, 2.75) is 26.4 Å². The number of thiazole rings is 1. The van der Waals surface area contributed by atoms with Gasteiger partial charge < -0.3 is 10.0 Å². The molecule has 0 saturated carbocycles. The molecule has 5 heteroatoms. The summed E-state index contributed by atoms with van der Waals surface area (Å²) in [7, 11) is 1.85. The van der Waals surface area contributed by atoms with Crippen molar-refractivity contribution < 1.29 is 9.50 Å². The van der Waals surface area contributed by atoms with E-state index in [1.54, 1.807) is 6.07 Å². The fourth-order valence-corrected chi connectivity index (χ4v) is 2.91. The highest BCUT2D eigenvalue weighted by Gasteiger charge is 2.16. The third kappa shape index (κ3) is 2.93. The van der Waals surface area contributed by atoms with Gasteiger partial charge in [0.25, 0.3) is 0 Å². The van der Waals surface area contributed by atoms with Gasteiger partial charge in [-0.3, -0.25) is 0 Å². The average molecular weight is 280 g/mol. The third-order valence-corrected chi connectivity index (χ3v) is 4.02. The largest absolute Gasteiger partial charge is 0.391 e. The SMILES string of the molecule is CC(C)c1nc(N(C)c2cccc(F)c2)sc1CO. The summed E-state index contributed by atoms with van der Waals surface area (Å²) in [5.74, 6) is -0.0135. The molecule has 0 fully saturated rings. The molecule has 2 rings (SSSR count). The normalized spacial score (nSPS) is 11.1. The van der Waals surface area contributed by atoms with E-state index < -0.39 is 0 Å². The Kier molecular flexibility index (Phi) is 4.17. The average Bonchev–Trinajstić information content (AvgIpc) is 2.82. The van der Waals surface area contributed by atoms with E-state index in [9.17, 15) is 9.50 Å². The van der Waals surface area contributed by atoms with Crippen molar-refractivity contribution in [2.75, 3.05) is 11.9 Å². The predicted octanol–water partition coefficient (Wildman–Crippen LogP) is 3.67. The van der Waals surface area contributed by atoms with Crippen LogP contribution in [0.25, 0.3) is 0 Å². The van der Waals surface area contributed by atoms with Crippen LogP contribution in [-0.4, -0.2) is 17.1 Å². The van der Waals surface area contributed by atoms with Gasteiger partial charge in [0.15, 0.2) is 5.13 Å². The van der Waals surface area contributed by atoms with E-state index in [2.05, 4.69) is 4.98 Å². The highest BCUT2D eigenvalue weighted by Crippen LogP contribution is 2.33. The molecule has 1 N–H and O–H groups in total. The summed E-state index contributed by atoms with van der Waals surface area (Å²) in [6, 6.07) is 6.39. The number of hydrogen-bond acceptors (Lipinski definition) is 4. The van der Waals surface area contributed by atoms with Crippen LogP contribution in [0.1, 0.15) is 30.3 Å². The van der Waals surface area contributed by atoms with Gasteiger partial charge in [0.2, 0.25) is 0 Å². The summed E-state index contributed by atoms with van der Waals surface area (Å²) in [5.41, 5.74) is 1.65. The van der Waals surface area contributed by atoms with Crippen LogP contribution in [0.3, 0.4) is 0 Å². The number of anilines is 2. The predicted molar refractivity (Wildman–Crippen MR) is 76.6 cm³/mol. The minimum atomic E-state index is -0.271. The third-order valence-electron chi connectivity index (χ3n) is 2.89. The molecule has 3 nitrogen and oxygen atoms in total. The molecule has 0 aliphatic rings. The lowest BCUT2D eigenvalue weighted by molar-refractivity contribution is 0.283. The first-order chi connectivity index (χ1) is 9.02. The molecule has 0 radical (unpaired) electrons. The zero-order chi connectivity index (χ0) is 14.0. The Morgan fingerprint density at radius 3 is 2.68 bits per heavy atom. The quantitative estimate of drug-likeness (QED) is 0.928. The minimum absolute atomic E-state index is 0.0117. The maximum atomic E-state index is 13.2. The van der Waals surface area contributed by atoms with E-state index in [0.29, 0.717) is 0 Å². The number of aliphatic hydroxyl groups is 1. The molecule has 1 aromatic heterocycles. The van der Waals surface area contributed by atoms with Gasteiger partial charge in [0.1, 0.15) is 5.82 Å². The van der Waals surface area contributed by atoms with Gasteiger partial charge in [0, 0.05) is 12.7 Å². The van der Waals surface area contributed by atoms with Crippen LogP contribution in [0.2, 0.25) is 0 Å². The van der Waals surface area contributed by atoms with E-state index in [4.69, 9.17) is 0 Å². The highest BCUT2D eigenvalue weighted by molar-refractivity contribution is 7.15. The lowest BCUT2D eigenvalue weighted by atomic mass is 10.1. The van der Waals surface area contributed by atoms with Crippen molar-refractivity contribution in [1.29, 1.82) is 0 Å². The molecule has 0 amide bonds. The molecule has 0 spiro atoms. The Labute approximate surface area is 116 Å². The molecular formula is C14H17FN2OS. The molecule has 1 aromatic carbocycles. The molecule has 1 heterocycles. The molecule has 0 unspecified atom stereocenters. The van der Waals surface area contributed by atoms with Gasteiger partial charge in [-0.05, 0) is 24.1 Å². The van der Waals surface area contributed by atoms with E-state index in [1.807, 2.05) is 31.9 Å². The number of rotatable bonds is 4. The lowest BCUT2D eigenvalue weighted by Gasteiger charge is -2.15.